The number of phenols is 1. The number of phenolic OH excluding ortho intramolecular Hbond substituents is 1. The monoisotopic (exact) mass is 286 g/mol. The van der Waals surface area contributed by atoms with Crippen molar-refractivity contribution in [3.8, 4) is 11.5 Å². The van der Waals surface area contributed by atoms with Crippen molar-refractivity contribution in [1.29, 1.82) is 0 Å². The molecule has 0 radical (unpaired) electrons. The summed E-state index contributed by atoms with van der Waals surface area (Å²) >= 11 is 0. The van der Waals surface area contributed by atoms with E-state index in [2.05, 4.69) is 0 Å². The minimum Gasteiger partial charge on any atom is -0.508 e. The lowest BCUT2D eigenvalue weighted by molar-refractivity contribution is 0.0993. The van der Waals surface area contributed by atoms with Crippen molar-refractivity contribution in [2.45, 2.75) is 6.42 Å². The van der Waals surface area contributed by atoms with Crippen LogP contribution in [0.2, 0.25) is 0 Å². The molecule has 4 nitrogen and oxygen atoms in total. The summed E-state index contributed by atoms with van der Waals surface area (Å²) in [4.78, 5) is 12.2. The molecule has 1 N–H and O–H groups in total. The van der Waals surface area contributed by atoms with Crippen LogP contribution in [0.3, 0.4) is 0 Å². The molecule has 2 aromatic rings. The molecule has 0 aliphatic rings. The number of aromatic hydroxyl groups is 1. The summed E-state index contributed by atoms with van der Waals surface area (Å²) in [6, 6.07) is 13.7. The SMILES string of the molecule is COCCOc1cccc(CC(=O)c2ccc(O)cc2)c1. The molecule has 0 aliphatic carbocycles. The third kappa shape index (κ3) is 4.61. The Hall–Kier alpha value is -2.33. The standard InChI is InChI=1S/C17H18O4/c1-20-9-10-21-16-4-2-3-13(11-16)12-17(19)14-5-7-15(18)8-6-14/h2-8,11,18H,9-10,12H2,1H3. The van der Waals surface area contributed by atoms with Crippen molar-refractivity contribution in [2.24, 2.45) is 0 Å². The third-order valence-corrected chi connectivity index (χ3v) is 3.01. The summed E-state index contributed by atoms with van der Waals surface area (Å²) in [5, 5.41) is 9.23. The molecule has 0 saturated carbocycles. The molecule has 0 atom stereocenters. The van der Waals surface area contributed by atoms with Crippen LogP contribution in [-0.4, -0.2) is 31.2 Å². The van der Waals surface area contributed by atoms with Gasteiger partial charge in [-0.05, 0) is 42.0 Å². The molecule has 21 heavy (non-hydrogen) atoms. The van der Waals surface area contributed by atoms with Gasteiger partial charge < -0.3 is 14.6 Å². The lowest BCUT2D eigenvalue weighted by atomic mass is 10.0. The molecule has 0 spiro atoms. The molecule has 0 amide bonds. The number of hydrogen-bond donors (Lipinski definition) is 1. The summed E-state index contributed by atoms with van der Waals surface area (Å²) < 4.78 is 10.4. The highest BCUT2D eigenvalue weighted by Gasteiger charge is 2.08. The number of ketones is 1. The van der Waals surface area contributed by atoms with Gasteiger partial charge in [0.1, 0.15) is 18.1 Å². The van der Waals surface area contributed by atoms with Crippen LogP contribution in [0.5, 0.6) is 11.5 Å². The van der Waals surface area contributed by atoms with Crippen LogP contribution >= 0.6 is 0 Å². The Morgan fingerprint density at radius 2 is 1.86 bits per heavy atom. The third-order valence-electron chi connectivity index (χ3n) is 3.01. The van der Waals surface area contributed by atoms with Gasteiger partial charge in [0, 0.05) is 19.1 Å². The molecule has 4 heteroatoms. The van der Waals surface area contributed by atoms with Crippen LogP contribution in [-0.2, 0) is 11.2 Å². The lowest BCUT2D eigenvalue weighted by Crippen LogP contribution is -2.06. The fourth-order valence-corrected chi connectivity index (χ4v) is 1.92. The van der Waals surface area contributed by atoms with Crippen molar-refractivity contribution in [2.75, 3.05) is 20.3 Å². The molecule has 0 aromatic heterocycles. The highest BCUT2D eigenvalue weighted by molar-refractivity contribution is 5.97. The fourth-order valence-electron chi connectivity index (χ4n) is 1.92. The normalized spacial score (nSPS) is 10.3. The highest BCUT2D eigenvalue weighted by Crippen LogP contribution is 2.16. The van der Waals surface area contributed by atoms with Crippen molar-refractivity contribution >= 4 is 5.78 Å². The van der Waals surface area contributed by atoms with Gasteiger partial charge in [-0.25, -0.2) is 0 Å². The maximum atomic E-state index is 12.2. The Bertz CT molecular complexity index is 590. The Morgan fingerprint density at radius 1 is 1.10 bits per heavy atom. The maximum Gasteiger partial charge on any atom is 0.167 e. The largest absolute Gasteiger partial charge is 0.508 e. The maximum absolute atomic E-state index is 12.2. The van der Waals surface area contributed by atoms with Crippen molar-refractivity contribution in [1.82, 2.24) is 0 Å². The Morgan fingerprint density at radius 3 is 2.57 bits per heavy atom. The Labute approximate surface area is 123 Å². The number of rotatable bonds is 7. The molecular weight excluding hydrogens is 268 g/mol. The highest BCUT2D eigenvalue weighted by atomic mass is 16.5. The fraction of sp³-hybridized carbons (Fsp3) is 0.235. The summed E-state index contributed by atoms with van der Waals surface area (Å²) in [7, 11) is 1.62. The molecule has 110 valence electrons. The van der Waals surface area contributed by atoms with Gasteiger partial charge in [0.25, 0.3) is 0 Å². The zero-order valence-electron chi connectivity index (χ0n) is 11.9. The number of hydrogen-bond acceptors (Lipinski definition) is 4. The number of methoxy groups -OCH3 is 1. The molecule has 0 unspecified atom stereocenters. The zero-order valence-corrected chi connectivity index (χ0v) is 11.9. The quantitative estimate of drug-likeness (QED) is 0.628. The van der Waals surface area contributed by atoms with E-state index in [1.54, 1.807) is 19.2 Å². The lowest BCUT2D eigenvalue weighted by Gasteiger charge is -2.07. The average molecular weight is 286 g/mol. The van der Waals surface area contributed by atoms with Gasteiger partial charge in [-0.2, -0.15) is 0 Å². The number of benzene rings is 2. The average Bonchev–Trinajstić information content (AvgIpc) is 2.48. The van der Waals surface area contributed by atoms with Crippen LogP contribution in [0.4, 0.5) is 0 Å². The first-order valence-corrected chi connectivity index (χ1v) is 6.72. The van der Waals surface area contributed by atoms with Crippen LogP contribution in [0.15, 0.2) is 48.5 Å². The minimum atomic E-state index is 0.00374. The van der Waals surface area contributed by atoms with Gasteiger partial charge in [-0.3, -0.25) is 4.79 Å². The molecule has 0 heterocycles. The van der Waals surface area contributed by atoms with Gasteiger partial charge in [-0.15, -0.1) is 0 Å². The van der Waals surface area contributed by atoms with E-state index in [9.17, 15) is 9.90 Å². The molecule has 2 aromatic carbocycles. The van der Waals surface area contributed by atoms with E-state index in [1.165, 1.54) is 12.1 Å². The van der Waals surface area contributed by atoms with Gasteiger partial charge in [0.15, 0.2) is 5.78 Å². The van der Waals surface area contributed by atoms with E-state index < -0.39 is 0 Å². The van der Waals surface area contributed by atoms with E-state index in [4.69, 9.17) is 9.47 Å². The van der Waals surface area contributed by atoms with Gasteiger partial charge in [0.05, 0.1) is 6.61 Å². The molecule has 0 fully saturated rings. The summed E-state index contributed by atoms with van der Waals surface area (Å²) in [6.45, 7) is 1.00. The molecule has 0 bridgehead atoms. The van der Waals surface area contributed by atoms with Crippen LogP contribution in [0, 0.1) is 0 Å². The Kier molecular flexibility index (Phi) is 5.35. The number of carbonyl (C=O) groups excluding carboxylic acids is 1. The first-order valence-electron chi connectivity index (χ1n) is 6.72. The zero-order chi connectivity index (χ0) is 15.1. The minimum absolute atomic E-state index is 0.00374. The van der Waals surface area contributed by atoms with E-state index in [1.807, 2.05) is 24.3 Å². The second-order valence-corrected chi connectivity index (χ2v) is 4.64. The van der Waals surface area contributed by atoms with Gasteiger partial charge >= 0.3 is 0 Å². The first-order chi connectivity index (χ1) is 10.2. The van der Waals surface area contributed by atoms with E-state index in [-0.39, 0.29) is 11.5 Å². The second kappa shape index (κ2) is 7.45. The summed E-state index contributed by atoms with van der Waals surface area (Å²) in [5.74, 6) is 0.882. The van der Waals surface area contributed by atoms with Crippen molar-refractivity contribution in [3.05, 3.63) is 59.7 Å². The predicted molar refractivity (Wildman–Crippen MR) is 80.0 cm³/mol. The Balaban J connectivity index is 2.00. The van der Waals surface area contributed by atoms with Crippen molar-refractivity contribution < 1.29 is 19.4 Å². The summed E-state index contributed by atoms with van der Waals surface area (Å²) in [6.07, 6.45) is 0.298. The van der Waals surface area contributed by atoms with E-state index in [0.29, 0.717) is 25.2 Å². The summed E-state index contributed by atoms with van der Waals surface area (Å²) in [5.41, 5.74) is 1.47. The second-order valence-electron chi connectivity index (χ2n) is 4.64. The smallest absolute Gasteiger partial charge is 0.167 e. The van der Waals surface area contributed by atoms with E-state index in [0.717, 1.165) is 11.3 Å². The van der Waals surface area contributed by atoms with Gasteiger partial charge in [-0.1, -0.05) is 12.1 Å². The molecule has 0 saturated heterocycles. The first kappa shape index (κ1) is 15.1. The molecule has 2 rings (SSSR count). The topological polar surface area (TPSA) is 55.8 Å². The molecular formula is C17H18O4. The van der Waals surface area contributed by atoms with Crippen LogP contribution in [0.25, 0.3) is 0 Å². The number of Topliss-reactive ketones (excluding diaryl/α,β-unsaturated/α-hetero) is 1. The van der Waals surface area contributed by atoms with Crippen LogP contribution in [0.1, 0.15) is 15.9 Å². The van der Waals surface area contributed by atoms with E-state index >= 15 is 0 Å². The van der Waals surface area contributed by atoms with Crippen molar-refractivity contribution in [3.63, 3.8) is 0 Å². The van der Waals surface area contributed by atoms with Gasteiger partial charge in [0.2, 0.25) is 0 Å². The predicted octanol–water partition coefficient (Wildman–Crippen LogP) is 2.84. The molecule has 0 aliphatic heterocycles. The number of ether oxygens (including phenoxy) is 2. The van der Waals surface area contributed by atoms with Crippen LogP contribution < -0.4 is 4.74 Å². The number of carbonyl (C=O) groups is 1.